The fourth-order valence-electron chi connectivity index (χ4n) is 2.96. The van der Waals surface area contributed by atoms with Crippen LogP contribution in [-0.4, -0.2) is 32.6 Å². The van der Waals surface area contributed by atoms with E-state index in [9.17, 15) is 4.79 Å². The number of hydrazone groups is 1. The Labute approximate surface area is 203 Å². The lowest BCUT2D eigenvalue weighted by Gasteiger charge is -2.10. The molecule has 4 aromatic rings. The number of halogens is 1. The van der Waals surface area contributed by atoms with Gasteiger partial charge in [0.05, 0.1) is 18.2 Å². The van der Waals surface area contributed by atoms with Gasteiger partial charge in [-0.3, -0.25) is 9.36 Å². The number of carbonyl (C=O) groups excluding carboxylic acids is 1. The molecule has 1 N–H and O–H groups in total. The first kappa shape index (κ1) is 22.8. The molecule has 0 spiro atoms. The highest BCUT2D eigenvalue weighted by Gasteiger charge is 2.17. The molecule has 0 bridgehead atoms. The molecule has 2 aromatic heterocycles. The third-order valence-electron chi connectivity index (χ3n) is 4.45. The summed E-state index contributed by atoms with van der Waals surface area (Å²) in [5.41, 5.74) is 5.23. The van der Waals surface area contributed by atoms with Crippen molar-refractivity contribution in [1.82, 2.24) is 20.2 Å². The largest absolute Gasteiger partial charge is 0.465 e. The molecule has 33 heavy (non-hydrogen) atoms. The number of benzene rings is 2. The van der Waals surface area contributed by atoms with Crippen LogP contribution in [0, 0.1) is 0 Å². The van der Waals surface area contributed by atoms with Crippen molar-refractivity contribution in [3.8, 4) is 17.1 Å². The average molecular weight is 522 g/mol. The van der Waals surface area contributed by atoms with Gasteiger partial charge in [0.25, 0.3) is 5.91 Å². The third kappa shape index (κ3) is 6.09. The molecule has 0 unspecified atom stereocenters. The number of aromatic nitrogens is 3. The fraction of sp³-hybridized carbons (Fsp3) is 0.0833. The van der Waals surface area contributed by atoms with Crippen LogP contribution >= 0.6 is 27.7 Å². The number of rotatable bonds is 8. The zero-order chi connectivity index (χ0) is 23.0. The maximum atomic E-state index is 12.3. The van der Waals surface area contributed by atoms with E-state index in [0.29, 0.717) is 11.0 Å². The topological polar surface area (TPSA) is 85.3 Å². The highest BCUT2D eigenvalue weighted by molar-refractivity contribution is 9.10. The predicted molar refractivity (Wildman–Crippen MR) is 134 cm³/mol. The predicted octanol–water partition coefficient (Wildman–Crippen LogP) is 5.59. The summed E-state index contributed by atoms with van der Waals surface area (Å²) in [4.78, 5) is 12.3. The second kappa shape index (κ2) is 10.9. The molecule has 166 valence electrons. The standard InChI is InChI=1S/C24H20BrN5O2S/c1-17(14-21-8-5-13-32-21)15-26-27-22(31)16-33-24-29-28-23(18-9-11-19(25)12-10-18)30(24)20-6-3-2-4-7-20/h2-15H,16H2,1H3,(H,27,31)/b17-14+,26-15-. The minimum absolute atomic E-state index is 0.142. The molecule has 9 heteroatoms. The molecule has 0 saturated heterocycles. The van der Waals surface area contributed by atoms with Gasteiger partial charge in [0.2, 0.25) is 0 Å². The number of nitrogens with one attached hydrogen (secondary N) is 1. The van der Waals surface area contributed by atoms with Gasteiger partial charge in [0, 0.05) is 15.7 Å². The lowest BCUT2D eigenvalue weighted by molar-refractivity contribution is -0.118. The minimum Gasteiger partial charge on any atom is -0.465 e. The number of amides is 1. The molecule has 0 fully saturated rings. The van der Waals surface area contributed by atoms with Crippen LogP contribution in [0.1, 0.15) is 12.7 Å². The number of para-hydroxylation sites is 1. The van der Waals surface area contributed by atoms with Gasteiger partial charge in [-0.05, 0) is 55.0 Å². The molecular weight excluding hydrogens is 502 g/mol. The van der Waals surface area contributed by atoms with Crippen LogP contribution in [0.5, 0.6) is 0 Å². The van der Waals surface area contributed by atoms with Crippen molar-refractivity contribution in [2.45, 2.75) is 12.1 Å². The fourth-order valence-corrected chi connectivity index (χ4v) is 3.97. The van der Waals surface area contributed by atoms with Gasteiger partial charge in [-0.15, -0.1) is 10.2 Å². The van der Waals surface area contributed by atoms with Crippen molar-refractivity contribution in [2.24, 2.45) is 5.10 Å². The van der Waals surface area contributed by atoms with Gasteiger partial charge < -0.3 is 4.42 Å². The highest BCUT2D eigenvalue weighted by Crippen LogP contribution is 2.28. The molecule has 0 aliphatic rings. The van der Waals surface area contributed by atoms with Crippen molar-refractivity contribution >= 4 is 45.9 Å². The lowest BCUT2D eigenvalue weighted by Crippen LogP contribution is -2.20. The number of carbonyl (C=O) groups is 1. The van der Waals surface area contributed by atoms with Crippen LogP contribution in [0.4, 0.5) is 0 Å². The molecule has 0 aliphatic heterocycles. The van der Waals surface area contributed by atoms with Crippen LogP contribution in [-0.2, 0) is 4.79 Å². The van der Waals surface area contributed by atoms with E-state index in [4.69, 9.17) is 4.42 Å². The zero-order valence-corrected chi connectivity index (χ0v) is 20.1. The molecule has 7 nitrogen and oxygen atoms in total. The first-order valence-corrected chi connectivity index (χ1v) is 11.8. The van der Waals surface area contributed by atoms with E-state index in [1.807, 2.05) is 84.3 Å². The van der Waals surface area contributed by atoms with Crippen molar-refractivity contribution in [3.05, 3.63) is 88.8 Å². The van der Waals surface area contributed by atoms with E-state index >= 15 is 0 Å². The third-order valence-corrected chi connectivity index (χ3v) is 5.91. The van der Waals surface area contributed by atoms with Crippen molar-refractivity contribution < 1.29 is 9.21 Å². The Balaban J connectivity index is 1.46. The molecule has 0 aliphatic carbocycles. The van der Waals surface area contributed by atoms with E-state index in [2.05, 4.69) is 36.7 Å². The summed E-state index contributed by atoms with van der Waals surface area (Å²) in [6.45, 7) is 1.87. The van der Waals surface area contributed by atoms with Gasteiger partial charge in [-0.2, -0.15) is 5.10 Å². The summed E-state index contributed by atoms with van der Waals surface area (Å²) in [6.07, 6.45) is 5.01. The Morgan fingerprint density at radius 2 is 1.91 bits per heavy atom. The van der Waals surface area contributed by atoms with Gasteiger partial charge >= 0.3 is 0 Å². The Bertz CT molecular complexity index is 1270. The van der Waals surface area contributed by atoms with Crippen molar-refractivity contribution in [1.29, 1.82) is 0 Å². The first-order chi connectivity index (χ1) is 16.1. The van der Waals surface area contributed by atoms with E-state index in [1.165, 1.54) is 11.8 Å². The van der Waals surface area contributed by atoms with E-state index in [-0.39, 0.29) is 11.7 Å². The summed E-state index contributed by atoms with van der Waals surface area (Å²) in [6, 6.07) is 21.3. The highest BCUT2D eigenvalue weighted by atomic mass is 79.9. The number of nitrogens with zero attached hydrogens (tertiary/aromatic N) is 4. The first-order valence-electron chi connectivity index (χ1n) is 10.0. The molecule has 0 saturated carbocycles. The Morgan fingerprint density at radius 1 is 1.12 bits per heavy atom. The summed E-state index contributed by atoms with van der Waals surface area (Å²) in [7, 11) is 0. The van der Waals surface area contributed by atoms with E-state index in [0.717, 1.165) is 27.1 Å². The van der Waals surface area contributed by atoms with Crippen molar-refractivity contribution in [3.63, 3.8) is 0 Å². The number of hydrogen-bond donors (Lipinski definition) is 1. The Morgan fingerprint density at radius 3 is 2.64 bits per heavy atom. The monoisotopic (exact) mass is 521 g/mol. The van der Waals surface area contributed by atoms with E-state index in [1.54, 1.807) is 12.5 Å². The van der Waals surface area contributed by atoms with Gasteiger partial charge in [-0.25, -0.2) is 5.43 Å². The summed E-state index contributed by atoms with van der Waals surface area (Å²) >= 11 is 4.76. The molecule has 0 radical (unpaired) electrons. The smallest absolute Gasteiger partial charge is 0.250 e. The van der Waals surface area contributed by atoms with Crippen LogP contribution in [0.25, 0.3) is 23.2 Å². The molecule has 1 amide bonds. The number of allylic oxidation sites excluding steroid dienone is 1. The second-order valence-electron chi connectivity index (χ2n) is 6.97. The number of furan rings is 1. The lowest BCUT2D eigenvalue weighted by atomic mass is 10.2. The van der Waals surface area contributed by atoms with Gasteiger partial charge in [0.15, 0.2) is 11.0 Å². The molecular formula is C24H20BrN5O2S. The van der Waals surface area contributed by atoms with Crippen LogP contribution in [0.15, 0.2) is 97.7 Å². The second-order valence-corrected chi connectivity index (χ2v) is 8.83. The molecule has 0 atom stereocenters. The summed E-state index contributed by atoms with van der Waals surface area (Å²) < 4.78 is 8.19. The summed E-state index contributed by atoms with van der Waals surface area (Å²) in [5, 5.41) is 13.4. The Hall–Kier alpha value is -3.43. The normalized spacial score (nSPS) is 11.8. The quantitative estimate of drug-likeness (QED) is 0.185. The average Bonchev–Trinajstić information content (AvgIpc) is 3.49. The van der Waals surface area contributed by atoms with Crippen LogP contribution in [0.2, 0.25) is 0 Å². The molecule has 4 rings (SSSR count). The SMILES string of the molecule is CC(/C=N\NC(=O)CSc1nnc(-c2ccc(Br)cc2)n1-c1ccccc1)=C\c1ccco1. The van der Waals surface area contributed by atoms with Crippen molar-refractivity contribution in [2.75, 3.05) is 5.75 Å². The maximum absolute atomic E-state index is 12.3. The van der Waals surface area contributed by atoms with Crippen LogP contribution < -0.4 is 5.43 Å². The maximum Gasteiger partial charge on any atom is 0.250 e. The van der Waals surface area contributed by atoms with Gasteiger partial charge in [-0.1, -0.05) is 58.0 Å². The van der Waals surface area contributed by atoms with E-state index < -0.39 is 0 Å². The zero-order valence-electron chi connectivity index (χ0n) is 17.7. The summed E-state index contributed by atoms with van der Waals surface area (Å²) in [5.74, 6) is 1.33. The van der Waals surface area contributed by atoms with Crippen LogP contribution in [0.3, 0.4) is 0 Å². The molecule has 2 heterocycles. The number of hydrogen-bond acceptors (Lipinski definition) is 6. The Kier molecular flexibility index (Phi) is 7.54. The number of thioether (sulfide) groups is 1. The molecule has 2 aromatic carbocycles. The minimum atomic E-state index is -0.241. The van der Waals surface area contributed by atoms with Gasteiger partial charge in [0.1, 0.15) is 5.76 Å².